The summed E-state index contributed by atoms with van der Waals surface area (Å²) in [6, 6.07) is 13.8. The van der Waals surface area contributed by atoms with Crippen molar-refractivity contribution in [3.8, 4) is 5.75 Å². The van der Waals surface area contributed by atoms with Gasteiger partial charge in [-0.2, -0.15) is 0 Å². The Kier molecular flexibility index (Phi) is 7.26. The van der Waals surface area contributed by atoms with Crippen LogP contribution in [0.5, 0.6) is 5.75 Å². The summed E-state index contributed by atoms with van der Waals surface area (Å²) in [5, 5.41) is 1.34. The van der Waals surface area contributed by atoms with Gasteiger partial charge in [0.05, 0.1) is 13.0 Å². The molecule has 2 aliphatic rings. The van der Waals surface area contributed by atoms with E-state index in [4.69, 9.17) is 27.9 Å². The second kappa shape index (κ2) is 10.1. The number of hydrogen-bond donors (Lipinski definition) is 0. The maximum absolute atomic E-state index is 13.2. The molecule has 2 heterocycles. The smallest absolute Gasteiger partial charge is 0.227 e. The number of hydrogen-bond acceptors (Lipinski definition) is 4. The largest absolute Gasteiger partial charge is 0.497 e. The SMILES string of the molecule is COc1ccc(N2CCN(C(=O)[C@@H]3CCCN(Cc4ccc(Cl)cc4Cl)C3)CC2)cc1. The Morgan fingerprint density at radius 3 is 2.45 bits per heavy atom. The molecule has 0 bridgehead atoms. The van der Waals surface area contributed by atoms with Crippen LogP contribution in [-0.4, -0.2) is 62.1 Å². The van der Waals surface area contributed by atoms with Crippen molar-refractivity contribution in [2.75, 3.05) is 51.3 Å². The number of rotatable bonds is 5. The minimum atomic E-state index is 0.0624. The zero-order valence-corrected chi connectivity index (χ0v) is 19.4. The van der Waals surface area contributed by atoms with E-state index < -0.39 is 0 Å². The normalized spacial score (nSPS) is 20.0. The Labute approximate surface area is 194 Å². The van der Waals surface area contributed by atoms with Crippen LogP contribution in [0.1, 0.15) is 18.4 Å². The van der Waals surface area contributed by atoms with E-state index in [2.05, 4.69) is 21.9 Å². The highest BCUT2D eigenvalue weighted by molar-refractivity contribution is 6.35. The van der Waals surface area contributed by atoms with Crippen molar-refractivity contribution < 1.29 is 9.53 Å². The number of anilines is 1. The summed E-state index contributed by atoms with van der Waals surface area (Å²) in [4.78, 5) is 19.9. The van der Waals surface area contributed by atoms with Gasteiger partial charge in [0.25, 0.3) is 0 Å². The molecule has 5 nitrogen and oxygen atoms in total. The fraction of sp³-hybridized carbons (Fsp3) is 0.458. The first-order valence-electron chi connectivity index (χ1n) is 10.9. The topological polar surface area (TPSA) is 36.0 Å². The van der Waals surface area contributed by atoms with Crippen LogP contribution in [0.25, 0.3) is 0 Å². The molecule has 1 atom stereocenters. The number of piperidine rings is 1. The Balaban J connectivity index is 1.31. The second-order valence-corrected chi connectivity index (χ2v) is 9.16. The molecule has 1 amide bonds. The van der Waals surface area contributed by atoms with Gasteiger partial charge >= 0.3 is 0 Å². The van der Waals surface area contributed by atoms with Gasteiger partial charge in [-0.25, -0.2) is 0 Å². The van der Waals surface area contributed by atoms with E-state index in [1.54, 1.807) is 13.2 Å². The maximum atomic E-state index is 13.2. The lowest BCUT2D eigenvalue weighted by atomic mass is 9.95. The Bertz CT molecular complexity index is 898. The highest BCUT2D eigenvalue weighted by Gasteiger charge is 2.31. The zero-order valence-electron chi connectivity index (χ0n) is 17.9. The molecule has 0 unspecified atom stereocenters. The van der Waals surface area contributed by atoms with E-state index >= 15 is 0 Å². The molecule has 166 valence electrons. The molecule has 7 heteroatoms. The van der Waals surface area contributed by atoms with Gasteiger partial charge in [0.2, 0.25) is 5.91 Å². The summed E-state index contributed by atoms with van der Waals surface area (Å²) < 4.78 is 5.24. The number of nitrogens with zero attached hydrogens (tertiary/aromatic N) is 3. The number of halogens is 2. The van der Waals surface area contributed by atoms with Gasteiger partial charge in [-0.3, -0.25) is 9.69 Å². The molecule has 2 fully saturated rings. The van der Waals surface area contributed by atoms with Gasteiger partial charge in [-0.1, -0.05) is 29.3 Å². The first-order valence-corrected chi connectivity index (χ1v) is 11.6. The third-order valence-electron chi connectivity index (χ3n) is 6.29. The summed E-state index contributed by atoms with van der Waals surface area (Å²) in [6.45, 7) is 5.79. The van der Waals surface area contributed by atoms with Crippen molar-refractivity contribution >= 4 is 34.8 Å². The molecule has 2 aliphatic heterocycles. The van der Waals surface area contributed by atoms with Crippen molar-refractivity contribution in [1.82, 2.24) is 9.80 Å². The van der Waals surface area contributed by atoms with E-state index in [9.17, 15) is 4.79 Å². The molecule has 0 spiro atoms. The van der Waals surface area contributed by atoms with E-state index in [0.29, 0.717) is 16.0 Å². The van der Waals surface area contributed by atoms with Crippen LogP contribution >= 0.6 is 23.2 Å². The van der Waals surface area contributed by atoms with E-state index in [1.807, 2.05) is 29.2 Å². The molecular weight excluding hydrogens is 433 g/mol. The highest BCUT2D eigenvalue weighted by Crippen LogP contribution is 2.26. The molecule has 2 aromatic carbocycles. The van der Waals surface area contributed by atoms with Crippen molar-refractivity contribution in [3.05, 3.63) is 58.1 Å². The van der Waals surface area contributed by atoms with Crippen molar-refractivity contribution in [2.45, 2.75) is 19.4 Å². The maximum Gasteiger partial charge on any atom is 0.227 e. The van der Waals surface area contributed by atoms with Crippen LogP contribution < -0.4 is 9.64 Å². The fourth-order valence-electron chi connectivity index (χ4n) is 4.53. The number of benzene rings is 2. The quantitative estimate of drug-likeness (QED) is 0.653. The Morgan fingerprint density at radius 2 is 1.77 bits per heavy atom. The Hall–Kier alpha value is -1.95. The van der Waals surface area contributed by atoms with Gasteiger partial charge in [0, 0.05) is 55.0 Å². The standard InChI is InChI=1S/C24H29Cl2N3O2/c1-31-22-8-6-21(7-9-22)28-11-13-29(14-12-28)24(30)19-3-2-10-27(17-19)16-18-4-5-20(25)15-23(18)26/h4-9,15,19H,2-3,10-14,16-17H2,1H3/t19-/m1/s1. The molecule has 0 saturated carbocycles. The molecule has 31 heavy (non-hydrogen) atoms. The molecule has 0 radical (unpaired) electrons. The number of piperazine rings is 1. The van der Waals surface area contributed by atoms with E-state index in [0.717, 1.165) is 70.0 Å². The first-order chi connectivity index (χ1) is 15.0. The van der Waals surface area contributed by atoms with Gasteiger partial charge in [-0.15, -0.1) is 0 Å². The predicted octanol–water partition coefficient (Wildman–Crippen LogP) is 4.56. The number of carbonyl (C=O) groups excluding carboxylic acids is 1. The number of likely N-dealkylation sites (tertiary alicyclic amines) is 1. The summed E-state index contributed by atoms with van der Waals surface area (Å²) in [7, 11) is 1.68. The lowest BCUT2D eigenvalue weighted by Gasteiger charge is -2.39. The van der Waals surface area contributed by atoms with Crippen LogP contribution in [0, 0.1) is 5.92 Å². The summed E-state index contributed by atoms with van der Waals surface area (Å²) >= 11 is 12.4. The number of carbonyl (C=O) groups is 1. The Morgan fingerprint density at radius 1 is 1.03 bits per heavy atom. The molecule has 0 aliphatic carbocycles. The molecule has 4 rings (SSSR count). The summed E-state index contributed by atoms with van der Waals surface area (Å²) in [5.41, 5.74) is 2.24. The molecular formula is C24H29Cl2N3O2. The monoisotopic (exact) mass is 461 g/mol. The molecule has 2 aromatic rings. The van der Waals surface area contributed by atoms with Crippen LogP contribution in [0.2, 0.25) is 10.0 Å². The van der Waals surface area contributed by atoms with E-state index in [-0.39, 0.29) is 5.92 Å². The first kappa shape index (κ1) is 22.3. The second-order valence-electron chi connectivity index (χ2n) is 8.32. The van der Waals surface area contributed by atoms with Crippen LogP contribution in [0.15, 0.2) is 42.5 Å². The predicted molar refractivity (Wildman–Crippen MR) is 126 cm³/mol. The van der Waals surface area contributed by atoms with Gasteiger partial charge in [0.1, 0.15) is 5.75 Å². The van der Waals surface area contributed by atoms with Crippen LogP contribution in [-0.2, 0) is 11.3 Å². The number of ether oxygens (including phenoxy) is 1. The van der Waals surface area contributed by atoms with E-state index in [1.165, 1.54) is 5.69 Å². The van der Waals surface area contributed by atoms with Crippen LogP contribution in [0.4, 0.5) is 5.69 Å². The molecule has 2 saturated heterocycles. The lowest BCUT2D eigenvalue weighted by molar-refractivity contribution is -0.137. The van der Waals surface area contributed by atoms with Gasteiger partial charge < -0.3 is 14.5 Å². The summed E-state index contributed by atoms with van der Waals surface area (Å²) in [6.07, 6.45) is 2.00. The fourth-order valence-corrected chi connectivity index (χ4v) is 5.00. The minimum absolute atomic E-state index is 0.0624. The van der Waals surface area contributed by atoms with Crippen molar-refractivity contribution in [1.29, 1.82) is 0 Å². The van der Waals surface area contributed by atoms with Gasteiger partial charge in [0.15, 0.2) is 0 Å². The third-order valence-corrected chi connectivity index (χ3v) is 6.88. The molecule has 0 N–H and O–H groups in total. The number of amides is 1. The van der Waals surface area contributed by atoms with Crippen LogP contribution in [0.3, 0.4) is 0 Å². The average Bonchev–Trinajstić information content (AvgIpc) is 2.81. The van der Waals surface area contributed by atoms with Crippen molar-refractivity contribution in [2.24, 2.45) is 5.92 Å². The van der Waals surface area contributed by atoms with Gasteiger partial charge in [-0.05, 0) is 61.3 Å². The third kappa shape index (κ3) is 5.46. The zero-order chi connectivity index (χ0) is 21.8. The minimum Gasteiger partial charge on any atom is -0.497 e. The number of methoxy groups -OCH3 is 1. The summed E-state index contributed by atoms with van der Waals surface area (Å²) in [5.74, 6) is 1.22. The molecule has 0 aromatic heterocycles. The van der Waals surface area contributed by atoms with Crippen molar-refractivity contribution in [3.63, 3.8) is 0 Å². The lowest BCUT2D eigenvalue weighted by Crippen LogP contribution is -2.52. The average molecular weight is 462 g/mol. The highest BCUT2D eigenvalue weighted by atomic mass is 35.5.